The maximum atomic E-state index is 13.6. The number of carbonyl (C=O) groups is 2. The second-order valence-corrected chi connectivity index (χ2v) is 7.98. The van der Waals surface area contributed by atoms with Crippen LogP contribution in [-0.4, -0.2) is 41.3 Å². The zero-order valence-corrected chi connectivity index (χ0v) is 18.0. The summed E-state index contributed by atoms with van der Waals surface area (Å²) in [5.74, 6) is 0.398. The van der Waals surface area contributed by atoms with Crippen molar-refractivity contribution in [3.05, 3.63) is 71.6 Å². The first-order valence-electron chi connectivity index (χ1n) is 10.7. The zero-order chi connectivity index (χ0) is 21.8. The third kappa shape index (κ3) is 4.68. The average molecular weight is 418 g/mol. The van der Waals surface area contributed by atoms with Crippen LogP contribution in [0.4, 0.5) is 5.69 Å². The standard InChI is InChI=1S/C25H27N3O3/c1-18-8-10-20(11-9-18)28(17-24(29)27-14-4-3-5-15-27)25(30)21-12-13-22(26-19(21)2)23-7-6-16-31-23/h6-13,16H,3-5,14-15,17H2,1-2H3. The number of furan rings is 1. The molecule has 6 nitrogen and oxygen atoms in total. The predicted molar refractivity (Wildman–Crippen MR) is 120 cm³/mol. The summed E-state index contributed by atoms with van der Waals surface area (Å²) in [6.45, 7) is 5.33. The Bertz CT molecular complexity index is 1050. The van der Waals surface area contributed by atoms with Gasteiger partial charge < -0.3 is 9.32 Å². The van der Waals surface area contributed by atoms with Gasteiger partial charge in [-0.2, -0.15) is 0 Å². The van der Waals surface area contributed by atoms with Crippen molar-refractivity contribution in [1.82, 2.24) is 9.88 Å². The van der Waals surface area contributed by atoms with E-state index in [-0.39, 0.29) is 18.4 Å². The number of carbonyl (C=O) groups excluding carboxylic acids is 2. The van der Waals surface area contributed by atoms with E-state index in [1.807, 2.05) is 42.2 Å². The SMILES string of the molecule is Cc1ccc(N(CC(=O)N2CCCCC2)C(=O)c2ccc(-c3ccco3)nc2C)cc1. The van der Waals surface area contributed by atoms with E-state index < -0.39 is 0 Å². The maximum absolute atomic E-state index is 13.6. The molecule has 0 N–H and O–H groups in total. The minimum atomic E-state index is -0.231. The summed E-state index contributed by atoms with van der Waals surface area (Å²) in [5, 5.41) is 0. The summed E-state index contributed by atoms with van der Waals surface area (Å²) in [7, 11) is 0. The van der Waals surface area contributed by atoms with Gasteiger partial charge in [-0.3, -0.25) is 14.5 Å². The minimum Gasteiger partial charge on any atom is -0.463 e. The Morgan fingerprint density at radius 1 is 1.00 bits per heavy atom. The highest BCUT2D eigenvalue weighted by Gasteiger charge is 2.26. The summed E-state index contributed by atoms with van der Waals surface area (Å²) in [5.41, 5.74) is 3.55. The Labute approximate surface area is 182 Å². The topological polar surface area (TPSA) is 66.7 Å². The number of hydrogen-bond donors (Lipinski definition) is 0. The second kappa shape index (κ2) is 9.16. The Morgan fingerprint density at radius 3 is 2.39 bits per heavy atom. The van der Waals surface area contributed by atoms with Crippen LogP contribution in [0.25, 0.3) is 11.5 Å². The molecule has 0 unspecified atom stereocenters. The van der Waals surface area contributed by atoms with Gasteiger partial charge in [0.05, 0.1) is 17.5 Å². The molecule has 0 radical (unpaired) electrons. The van der Waals surface area contributed by atoms with Crippen molar-refractivity contribution < 1.29 is 14.0 Å². The average Bonchev–Trinajstić information content (AvgIpc) is 3.33. The van der Waals surface area contributed by atoms with E-state index >= 15 is 0 Å². The van der Waals surface area contributed by atoms with Crippen LogP contribution in [0.1, 0.15) is 40.9 Å². The fourth-order valence-electron chi connectivity index (χ4n) is 3.88. The molecule has 6 heteroatoms. The van der Waals surface area contributed by atoms with E-state index in [0.29, 0.717) is 28.4 Å². The van der Waals surface area contributed by atoms with Crippen LogP contribution in [0, 0.1) is 13.8 Å². The van der Waals surface area contributed by atoms with E-state index in [0.717, 1.165) is 37.9 Å². The number of hydrogen-bond acceptors (Lipinski definition) is 4. The van der Waals surface area contributed by atoms with Crippen LogP contribution in [-0.2, 0) is 4.79 Å². The van der Waals surface area contributed by atoms with E-state index in [1.165, 1.54) is 0 Å². The van der Waals surface area contributed by atoms with E-state index in [4.69, 9.17) is 4.42 Å². The molecular weight excluding hydrogens is 390 g/mol. The lowest BCUT2D eigenvalue weighted by molar-refractivity contribution is -0.130. The third-order valence-corrected chi connectivity index (χ3v) is 5.68. The summed E-state index contributed by atoms with van der Waals surface area (Å²) in [4.78, 5) is 34.5. The highest BCUT2D eigenvalue weighted by Crippen LogP contribution is 2.23. The van der Waals surface area contributed by atoms with Crippen molar-refractivity contribution >= 4 is 17.5 Å². The molecule has 1 aliphatic rings. The highest BCUT2D eigenvalue weighted by atomic mass is 16.3. The van der Waals surface area contributed by atoms with Crippen LogP contribution >= 0.6 is 0 Å². The van der Waals surface area contributed by atoms with Gasteiger partial charge in [0.2, 0.25) is 5.91 Å². The van der Waals surface area contributed by atoms with Crippen molar-refractivity contribution in [2.24, 2.45) is 0 Å². The number of anilines is 1. The fraction of sp³-hybridized carbons (Fsp3) is 0.320. The van der Waals surface area contributed by atoms with Crippen LogP contribution in [0.2, 0.25) is 0 Å². The fourth-order valence-corrected chi connectivity index (χ4v) is 3.88. The molecule has 2 aromatic heterocycles. The Hall–Kier alpha value is -3.41. The molecule has 0 aliphatic carbocycles. The molecule has 0 saturated carbocycles. The van der Waals surface area contributed by atoms with Crippen molar-refractivity contribution in [2.75, 3.05) is 24.5 Å². The van der Waals surface area contributed by atoms with Crippen LogP contribution in [0.3, 0.4) is 0 Å². The summed E-state index contributed by atoms with van der Waals surface area (Å²) in [6, 6.07) is 14.8. The number of pyridine rings is 1. The van der Waals surface area contributed by atoms with Gasteiger partial charge in [0.15, 0.2) is 5.76 Å². The molecule has 1 aromatic carbocycles. The van der Waals surface area contributed by atoms with Gasteiger partial charge in [-0.1, -0.05) is 17.7 Å². The number of aryl methyl sites for hydroxylation is 2. The van der Waals surface area contributed by atoms with E-state index in [1.54, 1.807) is 36.3 Å². The molecule has 1 aliphatic heterocycles. The largest absolute Gasteiger partial charge is 0.463 e. The number of rotatable bonds is 5. The van der Waals surface area contributed by atoms with E-state index in [2.05, 4.69) is 4.98 Å². The van der Waals surface area contributed by atoms with Gasteiger partial charge in [0.25, 0.3) is 5.91 Å². The van der Waals surface area contributed by atoms with Gasteiger partial charge in [-0.05, 0) is 69.5 Å². The van der Waals surface area contributed by atoms with Crippen molar-refractivity contribution in [3.8, 4) is 11.5 Å². The van der Waals surface area contributed by atoms with Gasteiger partial charge in [-0.25, -0.2) is 4.98 Å². The van der Waals surface area contributed by atoms with E-state index in [9.17, 15) is 9.59 Å². The monoisotopic (exact) mass is 417 g/mol. The number of piperidine rings is 1. The number of amides is 2. The molecule has 2 amide bonds. The highest BCUT2D eigenvalue weighted by molar-refractivity contribution is 6.09. The number of nitrogens with zero attached hydrogens (tertiary/aromatic N) is 3. The first-order valence-corrected chi connectivity index (χ1v) is 10.7. The first-order chi connectivity index (χ1) is 15.0. The molecule has 31 heavy (non-hydrogen) atoms. The molecule has 0 bridgehead atoms. The van der Waals surface area contributed by atoms with Crippen molar-refractivity contribution in [3.63, 3.8) is 0 Å². The Morgan fingerprint density at radius 2 is 1.74 bits per heavy atom. The lowest BCUT2D eigenvalue weighted by atomic mass is 10.1. The predicted octanol–water partition coefficient (Wildman–Crippen LogP) is 4.62. The van der Waals surface area contributed by atoms with Crippen LogP contribution < -0.4 is 4.90 Å². The van der Waals surface area contributed by atoms with Crippen LogP contribution in [0.15, 0.2) is 59.2 Å². The maximum Gasteiger partial charge on any atom is 0.260 e. The Balaban J connectivity index is 1.63. The second-order valence-electron chi connectivity index (χ2n) is 7.98. The zero-order valence-electron chi connectivity index (χ0n) is 18.0. The smallest absolute Gasteiger partial charge is 0.260 e. The molecule has 1 saturated heterocycles. The molecule has 1 fully saturated rings. The molecular formula is C25H27N3O3. The van der Waals surface area contributed by atoms with Crippen molar-refractivity contribution in [2.45, 2.75) is 33.1 Å². The molecule has 4 rings (SSSR count). The quantitative estimate of drug-likeness (QED) is 0.608. The van der Waals surface area contributed by atoms with Crippen LogP contribution in [0.5, 0.6) is 0 Å². The van der Waals surface area contributed by atoms with Gasteiger partial charge >= 0.3 is 0 Å². The lowest BCUT2D eigenvalue weighted by Crippen LogP contribution is -2.45. The van der Waals surface area contributed by atoms with Gasteiger partial charge in [0.1, 0.15) is 12.2 Å². The minimum absolute atomic E-state index is 0.0151. The third-order valence-electron chi connectivity index (χ3n) is 5.68. The molecule has 3 aromatic rings. The molecule has 0 spiro atoms. The summed E-state index contributed by atoms with van der Waals surface area (Å²) >= 11 is 0. The number of aromatic nitrogens is 1. The molecule has 3 heterocycles. The first kappa shape index (κ1) is 20.8. The van der Waals surface area contributed by atoms with Gasteiger partial charge in [0, 0.05) is 18.8 Å². The normalized spacial score (nSPS) is 13.8. The lowest BCUT2D eigenvalue weighted by Gasteiger charge is -2.30. The van der Waals surface area contributed by atoms with Gasteiger partial charge in [-0.15, -0.1) is 0 Å². The molecule has 0 atom stereocenters. The molecule has 160 valence electrons. The number of likely N-dealkylation sites (tertiary alicyclic amines) is 1. The summed E-state index contributed by atoms with van der Waals surface area (Å²) in [6.07, 6.45) is 4.77. The van der Waals surface area contributed by atoms with Crippen molar-refractivity contribution in [1.29, 1.82) is 0 Å². The number of benzene rings is 1. The summed E-state index contributed by atoms with van der Waals surface area (Å²) < 4.78 is 5.41. The Kier molecular flexibility index (Phi) is 6.16.